The molecule has 9 heteroatoms. The molecule has 0 saturated heterocycles. The van der Waals surface area contributed by atoms with Crippen LogP contribution in [0.3, 0.4) is 0 Å². The van der Waals surface area contributed by atoms with Crippen molar-refractivity contribution in [2.75, 3.05) is 10.6 Å². The van der Waals surface area contributed by atoms with Gasteiger partial charge < -0.3 is 10.1 Å². The van der Waals surface area contributed by atoms with Gasteiger partial charge in [-0.1, -0.05) is 18.2 Å². The fourth-order valence-electron chi connectivity index (χ4n) is 3.15. The number of amides is 2. The van der Waals surface area contributed by atoms with E-state index in [-0.39, 0.29) is 12.3 Å². The summed E-state index contributed by atoms with van der Waals surface area (Å²) in [5.41, 5.74) is 2.54. The van der Waals surface area contributed by atoms with Crippen molar-refractivity contribution in [1.29, 1.82) is 0 Å². The number of nitrogens with one attached hydrogen (secondary N) is 2. The molecule has 0 unspecified atom stereocenters. The lowest BCUT2D eigenvalue weighted by atomic mass is 10.2. The number of hydrogen-bond donors (Lipinski definition) is 2. The molecule has 1 aromatic carbocycles. The maximum atomic E-state index is 12.4. The molecule has 4 aromatic rings. The smallest absolute Gasteiger partial charge is 0.413 e. The molecule has 0 saturated carbocycles. The van der Waals surface area contributed by atoms with Gasteiger partial charge in [0.05, 0.1) is 29.3 Å². The van der Waals surface area contributed by atoms with Crippen LogP contribution in [0.25, 0.3) is 16.9 Å². The maximum absolute atomic E-state index is 12.4. The molecule has 0 aliphatic carbocycles. The van der Waals surface area contributed by atoms with E-state index in [4.69, 9.17) is 4.74 Å². The highest BCUT2D eigenvalue weighted by Crippen LogP contribution is 2.18. The standard InChI is InChI=1S/C24H24N6O3/c1-24(2,3)33-23(32)29-20-10-8-16(13-25-20)12-22(31)28-17-9-11-21(26-14-17)30-15-27-18-6-4-5-7-19(18)30/h4-11,13-15H,12H2,1-3H3,(H,28,31)(H,25,29,32). The molecule has 0 bridgehead atoms. The van der Waals surface area contributed by atoms with Crippen molar-refractivity contribution in [3.05, 3.63) is 72.8 Å². The van der Waals surface area contributed by atoms with E-state index in [2.05, 4.69) is 25.6 Å². The summed E-state index contributed by atoms with van der Waals surface area (Å²) in [5, 5.41) is 5.39. The Morgan fingerprint density at radius 3 is 2.45 bits per heavy atom. The number of nitrogens with zero attached hydrogens (tertiary/aromatic N) is 4. The van der Waals surface area contributed by atoms with Crippen molar-refractivity contribution in [2.24, 2.45) is 0 Å². The van der Waals surface area contributed by atoms with E-state index in [0.717, 1.165) is 11.0 Å². The first-order valence-corrected chi connectivity index (χ1v) is 10.4. The van der Waals surface area contributed by atoms with E-state index in [1.165, 1.54) is 6.20 Å². The van der Waals surface area contributed by atoms with Crippen molar-refractivity contribution in [3.63, 3.8) is 0 Å². The van der Waals surface area contributed by atoms with Gasteiger partial charge in [-0.3, -0.25) is 14.7 Å². The van der Waals surface area contributed by atoms with E-state index in [1.54, 1.807) is 51.5 Å². The minimum absolute atomic E-state index is 0.133. The number of rotatable bonds is 5. The Balaban J connectivity index is 1.34. The molecule has 168 valence electrons. The summed E-state index contributed by atoms with van der Waals surface area (Å²) in [6.07, 6.45) is 4.42. The second-order valence-corrected chi connectivity index (χ2v) is 8.41. The van der Waals surface area contributed by atoms with Crippen molar-refractivity contribution in [1.82, 2.24) is 19.5 Å². The van der Waals surface area contributed by atoms with E-state index in [9.17, 15) is 9.59 Å². The number of imidazole rings is 1. The average Bonchev–Trinajstić information content (AvgIpc) is 3.18. The quantitative estimate of drug-likeness (QED) is 0.474. The van der Waals surface area contributed by atoms with Gasteiger partial charge in [0.1, 0.15) is 23.6 Å². The largest absolute Gasteiger partial charge is 0.444 e. The maximum Gasteiger partial charge on any atom is 0.413 e. The molecule has 2 N–H and O–H groups in total. The number of anilines is 2. The van der Waals surface area contributed by atoms with Gasteiger partial charge in [-0.25, -0.2) is 19.7 Å². The zero-order valence-corrected chi connectivity index (χ0v) is 18.6. The van der Waals surface area contributed by atoms with Gasteiger partial charge in [0.2, 0.25) is 5.91 Å². The number of aromatic nitrogens is 4. The fourth-order valence-corrected chi connectivity index (χ4v) is 3.15. The zero-order valence-electron chi connectivity index (χ0n) is 18.6. The lowest BCUT2D eigenvalue weighted by Crippen LogP contribution is -2.27. The Bertz CT molecular complexity index is 1270. The van der Waals surface area contributed by atoms with Gasteiger partial charge in [-0.15, -0.1) is 0 Å². The third kappa shape index (κ3) is 5.70. The van der Waals surface area contributed by atoms with Gasteiger partial charge in [0, 0.05) is 6.20 Å². The lowest BCUT2D eigenvalue weighted by molar-refractivity contribution is -0.115. The van der Waals surface area contributed by atoms with E-state index >= 15 is 0 Å². The summed E-state index contributed by atoms with van der Waals surface area (Å²) < 4.78 is 7.08. The summed E-state index contributed by atoms with van der Waals surface area (Å²) in [5.74, 6) is 0.853. The number of carbonyl (C=O) groups excluding carboxylic acids is 2. The monoisotopic (exact) mass is 444 g/mol. The first-order valence-electron chi connectivity index (χ1n) is 10.4. The molecule has 3 heterocycles. The van der Waals surface area contributed by atoms with Crippen LogP contribution >= 0.6 is 0 Å². The van der Waals surface area contributed by atoms with Crippen LogP contribution in [0.15, 0.2) is 67.3 Å². The van der Waals surface area contributed by atoms with E-state index in [1.807, 2.05) is 34.9 Å². The highest BCUT2D eigenvalue weighted by Gasteiger charge is 2.16. The average molecular weight is 444 g/mol. The number of para-hydroxylation sites is 2. The minimum atomic E-state index is -0.596. The summed E-state index contributed by atoms with van der Waals surface area (Å²) in [4.78, 5) is 37.2. The normalized spacial score (nSPS) is 11.2. The Morgan fingerprint density at radius 1 is 0.939 bits per heavy atom. The molecule has 33 heavy (non-hydrogen) atoms. The summed E-state index contributed by atoms with van der Waals surface area (Å²) in [6, 6.07) is 14.8. The molecular formula is C24H24N6O3. The van der Waals surface area contributed by atoms with Crippen LogP contribution in [-0.2, 0) is 16.0 Å². The van der Waals surface area contributed by atoms with Crippen LogP contribution in [0.5, 0.6) is 0 Å². The zero-order chi connectivity index (χ0) is 23.4. The summed E-state index contributed by atoms with van der Waals surface area (Å²) in [7, 11) is 0. The molecule has 0 fully saturated rings. The molecule has 9 nitrogen and oxygen atoms in total. The molecule has 3 aromatic heterocycles. The van der Waals surface area contributed by atoms with Crippen molar-refractivity contribution in [2.45, 2.75) is 32.8 Å². The Kier molecular flexibility index (Phi) is 6.03. The molecule has 2 amide bonds. The van der Waals surface area contributed by atoms with Gasteiger partial charge in [0.15, 0.2) is 0 Å². The third-order valence-corrected chi connectivity index (χ3v) is 4.55. The topological polar surface area (TPSA) is 111 Å². The van der Waals surface area contributed by atoms with E-state index < -0.39 is 11.7 Å². The summed E-state index contributed by atoms with van der Waals surface area (Å²) in [6.45, 7) is 5.35. The highest BCUT2D eigenvalue weighted by atomic mass is 16.6. The predicted molar refractivity (Wildman–Crippen MR) is 125 cm³/mol. The minimum Gasteiger partial charge on any atom is -0.444 e. The summed E-state index contributed by atoms with van der Waals surface area (Å²) >= 11 is 0. The fraction of sp³-hybridized carbons (Fsp3) is 0.208. The number of benzene rings is 1. The van der Waals surface area contributed by atoms with Crippen LogP contribution in [0.2, 0.25) is 0 Å². The Morgan fingerprint density at radius 2 is 1.76 bits per heavy atom. The van der Waals surface area contributed by atoms with E-state index in [0.29, 0.717) is 22.9 Å². The van der Waals surface area contributed by atoms with Crippen molar-refractivity contribution >= 4 is 34.5 Å². The van der Waals surface area contributed by atoms with Crippen molar-refractivity contribution in [3.8, 4) is 5.82 Å². The second kappa shape index (κ2) is 9.07. The van der Waals surface area contributed by atoms with Gasteiger partial charge in [-0.05, 0) is 56.7 Å². The SMILES string of the molecule is CC(C)(C)OC(=O)Nc1ccc(CC(=O)Nc2ccc(-n3cnc4ccccc43)nc2)cn1. The van der Waals surface area contributed by atoms with Gasteiger partial charge in [-0.2, -0.15) is 0 Å². The molecule has 0 spiro atoms. The molecular weight excluding hydrogens is 420 g/mol. The highest BCUT2D eigenvalue weighted by molar-refractivity contribution is 5.92. The number of pyridine rings is 2. The first kappa shape index (κ1) is 21.9. The van der Waals surface area contributed by atoms with Crippen LogP contribution in [-0.4, -0.2) is 37.1 Å². The number of ether oxygens (including phenoxy) is 1. The second-order valence-electron chi connectivity index (χ2n) is 8.41. The third-order valence-electron chi connectivity index (χ3n) is 4.55. The molecule has 0 aliphatic rings. The van der Waals surface area contributed by atoms with Gasteiger partial charge >= 0.3 is 6.09 Å². The Labute approximate surface area is 190 Å². The van der Waals surface area contributed by atoms with Crippen LogP contribution in [0, 0.1) is 0 Å². The Hall–Kier alpha value is -4.27. The number of carbonyl (C=O) groups is 2. The molecule has 4 rings (SSSR count). The van der Waals surface area contributed by atoms with Crippen molar-refractivity contribution < 1.29 is 14.3 Å². The van der Waals surface area contributed by atoms with Crippen LogP contribution in [0.1, 0.15) is 26.3 Å². The van der Waals surface area contributed by atoms with Crippen LogP contribution < -0.4 is 10.6 Å². The predicted octanol–water partition coefficient (Wildman–Crippen LogP) is 4.34. The van der Waals surface area contributed by atoms with Gasteiger partial charge in [0.25, 0.3) is 0 Å². The molecule has 0 aliphatic heterocycles. The van der Waals surface area contributed by atoms with Crippen LogP contribution in [0.4, 0.5) is 16.3 Å². The molecule has 0 atom stereocenters. The number of hydrogen-bond acceptors (Lipinski definition) is 6. The number of fused-ring (bicyclic) bond motifs is 1. The molecule has 0 radical (unpaired) electrons. The first-order chi connectivity index (χ1) is 15.8. The lowest BCUT2D eigenvalue weighted by Gasteiger charge is -2.19.